The summed E-state index contributed by atoms with van der Waals surface area (Å²) < 4.78 is 5.68. The Balaban J connectivity index is 1.65. The van der Waals surface area contributed by atoms with Crippen molar-refractivity contribution in [2.75, 3.05) is 25.0 Å². The quantitative estimate of drug-likeness (QED) is 0.886. The van der Waals surface area contributed by atoms with Crippen LogP contribution in [0.5, 0.6) is 0 Å². The molecule has 0 bridgehead atoms. The van der Waals surface area contributed by atoms with Crippen LogP contribution in [0.1, 0.15) is 38.0 Å². The second-order valence-corrected chi connectivity index (χ2v) is 5.55. The summed E-state index contributed by atoms with van der Waals surface area (Å²) in [4.78, 5) is 2.28. The maximum atomic E-state index is 5.68. The lowest BCUT2D eigenvalue weighted by molar-refractivity contribution is 0.198. The molecule has 2 fully saturated rings. The third kappa shape index (κ3) is 2.36. The zero-order valence-corrected chi connectivity index (χ0v) is 11.1. The Morgan fingerprint density at radius 1 is 1.22 bits per heavy atom. The maximum absolute atomic E-state index is 5.68. The van der Waals surface area contributed by atoms with Crippen molar-refractivity contribution >= 4 is 6.01 Å². The summed E-state index contributed by atoms with van der Waals surface area (Å²) in [6.07, 6.45) is 6.90. The Morgan fingerprint density at radius 2 is 2.06 bits per heavy atom. The van der Waals surface area contributed by atoms with E-state index >= 15 is 0 Å². The van der Waals surface area contributed by atoms with E-state index in [1.54, 1.807) is 0 Å². The van der Waals surface area contributed by atoms with Gasteiger partial charge in [-0.1, -0.05) is 24.4 Å². The molecule has 1 saturated carbocycles. The fraction of sp³-hybridized carbons (Fsp3) is 0.846. The molecule has 2 atom stereocenters. The monoisotopic (exact) mass is 250 g/mol. The van der Waals surface area contributed by atoms with Gasteiger partial charge in [0.25, 0.3) is 0 Å². The molecule has 0 aromatic carbocycles. The third-order valence-electron chi connectivity index (χ3n) is 4.35. The molecule has 0 spiro atoms. The molecule has 5 heteroatoms. The van der Waals surface area contributed by atoms with E-state index in [1.165, 1.54) is 32.1 Å². The summed E-state index contributed by atoms with van der Waals surface area (Å²) in [6.45, 7) is 2.82. The minimum Gasteiger partial charge on any atom is -0.407 e. The molecule has 2 unspecified atom stereocenters. The Bertz CT molecular complexity index is 392. The third-order valence-corrected chi connectivity index (χ3v) is 4.35. The molecule has 2 aliphatic rings. The van der Waals surface area contributed by atoms with Crippen LogP contribution in [0.2, 0.25) is 0 Å². The van der Waals surface area contributed by atoms with Gasteiger partial charge in [0.05, 0.1) is 6.54 Å². The molecule has 1 aliphatic heterocycles. The molecule has 0 amide bonds. The Hall–Kier alpha value is -1.10. The molecular weight excluding hydrogens is 228 g/mol. The topological polar surface area (TPSA) is 54.2 Å². The fourth-order valence-electron chi connectivity index (χ4n) is 3.37. The molecule has 3 rings (SSSR count). The number of hydrogen-bond acceptors (Lipinski definition) is 5. The number of fused-ring (bicyclic) bond motifs is 1. The van der Waals surface area contributed by atoms with Crippen LogP contribution in [-0.2, 0) is 6.54 Å². The van der Waals surface area contributed by atoms with E-state index in [-0.39, 0.29) is 0 Å². The number of aromatic nitrogens is 2. The number of anilines is 1. The van der Waals surface area contributed by atoms with E-state index in [2.05, 4.69) is 20.4 Å². The number of rotatable bonds is 3. The van der Waals surface area contributed by atoms with Gasteiger partial charge in [0.2, 0.25) is 5.89 Å². The van der Waals surface area contributed by atoms with Gasteiger partial charge >= 0.3 is 6.01 Å². The number of piperidine rings is 1. The normalized spacial score (nSPS) is 28.2. The standard InChI is InChI=1S/C13H22N4O/c1-14-8-12-15-16-13(18-12)17-7-6-10-4-2-3-5-11(10)9-17/h10-11,14H,2-9H2,1H3. The summed E-state index contributed by atoms with van der Waals surface area (Å²) in [5, 5.41) is 11.3. The molecule has 100 valence electrons. The molecule has 1 aromatic heterocycles. The average Bonchev–Trinajstić information content (AvgIpc) is 2.87. The predicted molar refractivity (Wildman–Crippen MR) is 69.3 cm³/mol. The molecular formula is C13H22N4O. The summed E-state index contributed by atoms with van der Waals surface area (Å²) >= 11 is 0. The first kappa shape index (κ1) is 12.0. The summed E-state index contributed by atoms with van der Waals surface area (Å²) in [6, 6.07) is 0.712. The largest absolute Gasteiger partial charge is 0.407 e. The van der Waals surface area contributed by atoms with E-state index in [9.17, 15) is 0 Å². The first-order valence-electron chi connectivity index (χ1n) is 7.08. The smallest absolute Gasteiger partial charge is 0.318 e. The number of nitrogens with one attached hydrogen (secondary N) is 1. The molecule has 0 radical (unpaired) electrons. The van der Waals surface area contributed by atoms with Gasteiger partial charge in [-0.15, -0.1) is 5.10 Å². The van der Waals surface area contributed by atoms with Crippen LogP contribution in [0.25, 0.3) is 0 Å². The van der Waals surface area contributed by atoms with Crippen molar-refractivity contribution in [3.63, 3.8) is 0 Å². The van der Waals surface area contributed by atoms with E-state index in [0.717, 1.165) is 24.9 Å². The van der Waals surface area contributed by atoms with Gasteiger partial charge < -0.3 is 14.6 Å². The van der Waals surface area contributed by atoms with E-state index in [0.29, 0.717) is 18.5 Å². The van der Waals surface area contributed by atoms with Gasteiger partial charge in [0, 0.05) is 13.1 Å². The second-order valence-electron chi connectivity index (χ2n) is 5.55. The predicted octanol–water partition coefficient (Wildman–Crippen LogP) is 1.81. The summed E-state index contributed by atoms with van der Waals surface area (Å²) in [5.41, 5.74) is 0. The minimum atomic E-state index is 0.646. The van der Waals surface area contributed by atoms with Crippen LogP contribution in [0.15, 0.2) is 4.42 Å². The van der Waals surface area contributed by atoms with Gasteiger partial charge in [0.1, 0.15) is 0 Å². The molecule has 5 nitrogen and oxygen atoms in total. The summed E-state index contributed by atoms with van der Waals surface area (Å²) in [5.74, 6) is 2.46. The van der Waals surface area contributed by atoms with Crippen molar-refractivity contribution in [2.45, 2.75) is 38.6 Å². The van der Waals surface area contributed by atoms with E-state index < -0.39 is 0 Å². The van der Waals surface area contributed by atoms with Crippen molar-refractivity contribution in [1.82, 2.24) is 15.5 Å². The van der Waals surface area contributed by atoms with E-state index in [1.807, 2.05) is 7.05 Å². The van der Waals surface area contributed by atoms with Crippen LogP contribution < -0.4 is 10.2 Å². The Labute approximate surface area is 108 Å². The highest BCUT2D eigenvalue weighted by molar-refractivity contribution is 5.25. The van der Waals surface area contributed by atoms with Crippen LogP contribution in [0.4, 0.5) is 6.01 Å². The van der Waals surface area contributed by atoms with Crippen molar-refractivity contribution in [3.8, 4) is 0 Å². The van der Waals surface area contributed by atoms with Crippen molar-refractivity contribution < 1.29 is 4.42 Å². The van der Waals surface area contributed by atoms with E-state index in [4.69, 9.17) is 4.42 Å². The summed E-state index contributed by atoms with van der Waals surface area (Å²) in [7, 11) is 1.89. The zero-order chi connectivity index (χ0) is 12.4. The van der Waals surface area contributed by atoms with Gasteiger partial charge in [0.15, 0.2) is 0 Å². The Kier molecular flexibility index (Phi) is 3.50. The lowest BCUT2D eigenvalue weighted by Gasteiger charge is -2.40. The van der Waals surface area contributed by atoms with Crippen molar-refractivity contribution in [3.05, 3.63) is 5.89 Å². The van der Waals surface area contributed by atoms with Gasteiger partial charge in [-0.05, 0) is 31.7 Å². The zero-order valence-electron chi connectivity index (χ0n) is 11.1. The first-order chi connectivity index (χ1) is 8.86. The highest BCUT2D eigenvalue weighted by Crippen LogP contribution is 2.37. The molecule has 1 aliphatic carbocycles. The van der Waals surface area contributed by atoms with Gasteiger partial charge in [-0.25, -0.2) is 0 Å². The Morgan fingerprint density at radius 3 is 2.89 bits per heavy atom. The fourth-order valence-corrected chi connectivity index (χ4v) is 3.37. The van der Waals surface area contributed by atoms with Crippen LogP contribution in [0, 0.1) is 11.8 Å². The van der Waals surface area contributed by atoms with Crippen LogP contribution >= 0.6 is 0 Å². The van der Waals surface area contributed by atoms with Crippen LogP contribution in [-0.4, -0.2) is 30.3 Å². The lowest BCUT2D eigenvalue weighted by Crippen LogP contribution is -2.42. The van der Waals surface area contributed by atoms with Crippen LogP contribution in [0.3, 0.4) is 0 Å². The average molecular weight is 250 g/mol. The number of hydrogen-bond donors (Lipinski definition) is 1. The molecule has 1 saturated heterocycles. The van der Waals surface area contributed by atoms with Crippen molar-refractivity contribution in [2.24, 2.45) is 11.8 Å². The molecule has 1 aromatic rings. The second kappa shape index (κ2) is 5.26. The lowest BCUT2D eigenvalue weighted by atomic mass is 9.75. The van der Waals surface area contributed by atoms with Gasteiger partial charge in [-0.3, -0.25) is 0 Å². The first-order valence-corrected chi connectivity index (χ1v) is 7.08. The van der Waals surface area contributed by atoms with Gasteiger partial charge in [-0.2, -0.15) is 0 Å². The molecule has 1 N–H and O–H groups in total. The maximum Gasteiger partial charge on any atom is 0.318 e. The highest BCUT2D eigenvalue weighted by atomic mass is 16.4. The highest BCUT2D eigenvalue weighted by Gasteiger charge is 2.32. The SMILES string of the molecule is CNCc1nnc(N2CCC3CCCCC3C2)o1. The molecule has 2 heterocycles. The minimum absolute atomic E-state index is 0.646. The van der Waals surface area contributed by atoms with Crippen molar-refractivity contribution in [1.29, 1.82) is 0 Å². The number of nitrogens with zero attached hydrogens (tertiary/aromatic N) is 3. The molecule has 18 heavy (non-hydrogen) atoms.